The smallest absolute Gasteiger partial charge is 0.233 e. The van der Waals surface area contributed by atoms with Gasteiger partial charge >= 0.3 is 0 Å². The Bertz CT molecular complexity index is 477. The van der Waals surface area contributed by atoms with Crippen LogP contribution in [0.2, 0.25) is 0 Å². The molecule has 2 N–H and O–H groups in total. The number of hydrogen-bond acceptors (Lipinski definition) is 3. The first-order valence-corrected chi connectivity index (χ1v) is 7.93. The van der Waals surface area contributed by atoms with E-state index in [-0.39, 0.29) is 11.5 Å². The second-order valence-electron chi connectivity index (χ2n) is 6.10. The van der Waals surface area contributed by atoms with Crippen LogP contribution in [0.3, 0.4) is 0 Å². The number of piperidine rings is 1. The second kappa shape index (κ2) is 6.16. The summed E-state index contributed by atoms with van der Waals surface area (Å²) in [6.07, 6.45) is 4.09. The summed E-state index contributed by atoms with van der Waals surface area (Å²) < 4.78 is 5.68. The topological polar surface area (TPSA) is 55.6 Å². The van der Waals surface area contributed by atoms with Crippen LogP contribution in [0.4, 0.5) is 0 Å². The second-order valence-corrected chi connectivity index (χ2v) is 6.10. The molecule has 1 aromatic rings. The number of benzene rings is 1. The molecule has 0 aromatic heterocycles. The summed E-state index contributed by atoms with van der Waals surface area (Å²) in [7, 11) is 0. The molecule has 21 heavy (non-hydrogen) atoms. The molecule has 1 saturated heterocycles. The summed E-state index contributed by atoms with van der Waals surface area (Å²) in [5.74, 6) is 0.311. The molecule has 114 valence electrons. The van der Waals surface area contributed by atoms with Crippen LogP contribution in [0.15, 0.2) is 30.3 Å². The Morgan fingerprint density at radius 2 is 1.90 bits per heavy atom. The van der Waals surface area contributed by atoms with E-state index in [1.165, 1.54) is 5.56 Å². The van der Waals surface area contributed by atoms with Crippen molar-refractivity contribution < 1.29 is 9.53 Å². The SMILES string of the molecule is NCCOC1CCN(C(=O)C2(c3ccccc3)CC2)CC1. The molecule has 0 atom stereocenters. The van der Waals surface area contributed by atoms with Gasteiger partial charge in [-0.25, -0.2) is 0 Å². The van der Waals surface area contributed by atoms with Gasteiger partial charge in [0.15, 0.2) is 0 Å². The molecule has 1 amide bonds. The highest BCUT2D eigenvalue weighted by molar-refractivity contribution is 5.91. The first kappa shape index (κ1) is 14.5. The normalized spacial score (nSPS) is 21.3. The predicted octanol–water partition coefficient (Wildman–Crippen LogP) is 1.68. The lowest BCUT2D eigenvalue weighted by atomic mass is 9.93. The van der Waals surface area contributed by atoms with E-state index in [1.807, 2.05) is 23.1 Å². The Labute approximate surface area is 126 Å². The van der Waals surface area contributed by atoms with Gasteiger partial charge in [0.05, 0.1) is 18.1 Å². The Kier molecular flexibility index (Phi) is 4.27. The molecule has 0 spiro atoms. The third kappa shape index (κ3) is 2.97. The summed E-state index contributed by atoms with van der Waals surface area (Å²) in [6, 6.07) is 10.2. The van der Waals surface area contributed by atoms with E-state index in [2.05, 4.69) is 12.1 Å². The van der Waals surface area contributed by atoms with Gasteiger partial charge in [0.2, 0.25) is 5.91 Å². The van der Waals surface area contributed by atoms with E-state index in [4.69, 9.17) is 10.5 Å². The Balaban J connectivity index is 1.60. The van der Waals surface area contributed by atoms with Crippen LogP contribution in [-0.2, 0) is 14.9 Å². The molecular formula is C17H24N2O2. The fraction of sp³-hybridized carbons (Fsp3) is 0.588. The molecule has 0 bridgehead atoms. The van der Waals surface area contributed by atoms with Gasteiger partial charge in [-0.2, -0.15) is 0 Å². The Morgan fingerprint density at radius 3 is 2.48 bits per heavy atom. The van der Waals surface area contributed by atoms with Gasteiger partial charge in [0.25, 0.3) is 0 Å². The van der Waals surface area contributed by atoms with Crippen LogP contribution in [0, 0.1) is 0 Å². The standard InChI is InChI=1S/C17H24N2O2/c18-10-13-21-15-6-11-19(12-7-15)16(20)17(8-9-17)14-4-2-1-3-5-14/h1-5,15H,6-13,18H2. The Morgan fingerprint density at radius 1 is 1.24 bits per heavy atom. The molecule has 1 aliphatic carbocycles. The molecule has 1 aromatic carbocycles. The van der Waals surface area contributed by atoms with Crippen LogP contribution >= 0.6 is 0 Å². The number of likely N-dealkylation sites (tertiary alicyclic amines) is 1. The highest BCUT2D eigenvalue weighted by atomic mass is 16.5. The first-order chi connectivity index (χ1) is 10.3. The van der Waals surface area contributed by atoms with Crippen molar-refractivity contribution in [1.82, 2.24) is 4.90 Å². The summed E-state index contributed by atoms with van der Waals surface area (Å²) in [5.41, 5.74) is 6.41. The first-order valence-electron chi connectivity index (χ1n) is 7.93. The van der Waals surface area contributed by atoms with Crippen LogP contribution < -0.4 is 5.73 Å². The van der Waals surface area contributed by atoms with Crippen LogP contribution in [-0.4, -0.2) is 43.2 Å². The van der Waals surface area contributed by atoms with E-state index in [1.54, 1.807) is 0 Å². The van der Waals surface area contributed by atoms with E-state index < -0.39 is 0 Å². The van der Waals surface area contributed by atoms with Gasteiger partial charge in [0.1, 0.15) is 0 Å². The minimum Gasteiger partial charge on any atom is -0.377 e. The molecule has 1 saturated carbocycles. The van der Waals surface area contributed by atoms with E-state index in [0.717, 1.165) is 38.8 Å². The highest BCUT2D eigenvalue weighted by Gasteiger charge is 2.53. The Hall–Kier alpha value is -1.39. The van der Waals surface area contributed by atoms with Crippen molar-refractivity contribution in [3.63, 3.8) is 0 Å². The molecule has 1 aliphatic heterocycles. The predicted molar refractivity (Wildman–Crippen MR) is 82.0 cm³/mol. The van der Waals surface area contributed by atoms with E-state index in [9.17, 15) is 4.79 Å². The number of nitrogens with two attached hydrogens (primary N) is 1. The summed E-state index contributed by atoms with van der Waals surface area (Å²) in [6.45, 7) is 2.80. The van der Waals surface area contributed by atoms with Crippen molar-refractivity contribution in [2.24, 2.45) is 5.73 Å². The molecule has 4 nitrogen and oxygen atoms in total. The van der Waals surface area contributed by atoms with Crippen LogP contribution in [0.25, 0.3) is 0 Å². The van der Waals surface area contributed by atoms with Crippen molar-refractivity contribution in [2.75, 3.05) is 26.2 Å². The zero-order valence-electron chi connectivity index (χ0n) is 12.5. The lowest BCUT2D eigenvalue weighted by molar-refractivity contribution is -0.136. The average Bonchev–Trinajstić information content (AvgIpc) is 3.35. The number of rotatable bonds is 5. The molecular weight excluding hydrogens is 264 g/mol. The molecule has 0 unspecified atom stereocenters. The number of carbonyl (C=O) groups excluding carboxylic acids is 1. The van der Waals surface area contributed by atoms with E-state index in [0.29, 0.717) is 19.1 Å². The lowest BCUT2D eigenvalue weighted by Gasteiger charge is -2.34. The van der Waals surface area contributed by atoms with Crippen molar-refractivity contribution in [2.45, 2.75) is 37.2 Å². The number of amides is 1. The molecule has 3 rings (SSSR count). The maximum atomic E-state index is 12.9. The fourth-order valence-electron chi connectivity index (χ4n) is 3.27. The van der Waals surface area contributed by atoms with Crippen LogP contribution in [0.1, 0.15) is 31.2 Å². The zero-order chi connectivity index (χ0) is 14.7. The summed E-state index contributed by atoms with van der Waals surface area (Å²) in [5, 5.41) is 0. The molecule has 0 radical (unpaired) electrons. The zero-order valence-corrected chi connectivity index (χ0v) is 12.5. The molecule has 4 heteroatoms. The van der Waals surface area contributed by atoms with Crippen molar-refractivity contribution >= 4 is 5.91 Å². The van der Waals surface area contributed by atoms with Gasteiger partial charge in [0, 0.05) is 19.6 Å². The third-order valence-corrected chi connectivity index (χ3v) is 4.69. The van der Waals surface area contributed by atoms with Gasteiger partial charge < -0.3 is 15.4 Å². The number of nitrogens with zero attached hydrogens (tertiary/aromatic N) is 1. The number of carbonyl (C=O) groups is 1. The fourth-order valence-corrected chi connectivity index (χ4v) is 3.27. The van der Waals surface area contributed by atoms with Gasteiger partial charge in [-0.3, -0.25) is 4.79 Å². The summed E-state index contributed by atoms with van der Waals surface area (Å²) in [4.78, 5) is 14.9. The van der Waals surface area contributed by atoms with Gasteiger partial charge in [-0.05, 0) is 31.2 Å². The third-order valence-electron chi connectivity index (χ3n) is 4.69. The molecule has 2 aliphatic rings. The largest absolute Gasteiger partial charge is 0.377 e. The molecule has 1 heterocycles. The minimum atomic E-state index is -0.230. The maximum absolute atomic E-state index is 12.9. The molecule has 2 fully saturated rings. The van der Waals surface area contributed by atoms with E-state index >= 15 is 0 Å². The summed E-state index contributed by atoms with van der Waals surface area (Å²) >= 11 is 0. The lowest BCUT2D eigenvalue weighted by Crippen LogP contribution is -2.45. The number of ether oxygens (including phenoxy) is 1. The maximum Gasteiger partial charge on any atom is 0.233 e. The van der Waals surface area contributed by atoms with Gasteiger partial charge in [-0.1, -0.05) is 30.3 Å². The quantitative estimate of drug-likeness (QED) is 0.897. The van der Waals surface area contributed by atoms with Crippen molar-refractivity contribution in [1.29, 1.82) is 0 Å². The van der Waals surface area contributed by atoms with Gasteiger partial charge in [-0.15, -0.1) is 0 Å². The minimum absolute atomic E-state index is 0.230. The van der Waals surface area contributed by atoms with Crippen LogP contribution in [0.5, 0.6) is 0 Å². The average molecular weight is 288 g/mol. The number of hydrogen-bond donors (Lipinski definition) is 1. The highest BCUT2D eigenvalue weighted by Crippen LogP contribution is 2.49. The monoisotopic (exact) mass is 288 g/mol. The van der Waals surface area contributed by atoms with Crippen molar-refractivity contribution in [3.8, 4) is 0 Å². The van der Waals surface area contributed by atoms with Crippen molar-refractivity contribution in [3.05, 3.63) is 35.9 Å².